The van der Waals surface area contributed by atoms with Crippen molar-refractivity contribution in [3.63, 3.8) is 0 Å². The standard InChI is InChI=1S/C19H19N3O3S/c1-2-25-15-7-5-14(6-8-15)16-12-18(23)22(13-21-16)10-9-20-19(24)17-4-3-11-26-17/h3-8,11-13H,2,9-10H2,1H3,(H,20,24). The van der Waals surface area contributed by atoms with E-state index in [4.69, 9.17) is 4.74 Å². The number of nitrogens with one attached hydrogen (secondary N) is 1. The van der Waals surface area contributed by atoms with Gasteiger partial charge in [0, 0.05) is 24.7 Å². The zero-order chi connectivity index (χ0) is 18.4. The average molecular weight is 369 g/mol. The van der Waals surface area contributed by atoms with Gasteiger partial charge in [-0.1, -0.05) is 6.07 Å². The summed E-state index contributed by atoms with van der Waals surface area (Å²) >= 11 is 1.38. The molecule has 0 unspecified atom stereocenters. The van der Waals surface area contributed by atoms with Crippen LogP contribution >= 0.6 is 11.3 Å². The van der Waals surface area contributed by atoms with E-state index >= 15 is 0 Å². The normalized spacial score (nSPS) is 10.5. The molecule has 6 nitrogen and oxygen atoms in total. The Hall–Kier alpha value is -2.93. The van der Waals surface area contributed by atoms with E-state index in [-0.39, 0.29) is 11.5 Å². The molecular weight excluding hydrogens is 350 g/mol. The minimum absolute atomic E-state index is 0.132. The highest BCUT2D eigenvalue weighted by atomic mass is 32.1. The van der Waals surface area contributed by atoms with E-state index in [1.54, 1.807) is 6.07 Å². The molecule has 134 valence electrons. The predicted octanol–water partition coefficient (Wildman–Crippen LogP) is 2.80. The Bertz CT molecular complexity index is 918. The molecule has 0 aliphatic heterocycles. The molecule has 2 aromatic heterocycles. The Labute approximate surface area is 155 Å². The fraction of sp³-hybridized carbons (Fsp3) is 0.211. The van der Waals surface area contributed by atoms with Gasteiger partial charge in [0.05, 0.1) is 23.5 Å². The van der Waals surface area contributed by atoms with Gasteiger partial charge >= 0.3 is 0 Å². The second kappa shape index (κ2) is 8.44. The number of carbonyl (C=O) groups excluding carboxylic acids is 1. The lowest BCUT2D eigenvalue weighted by Crippen LogP contribution is -2.30. The van der Waals surface area contributed by atoms with Crippen LogP contribution in [-0.2, 0) is 6.54 Å². The number of hydrogen-bond acceptors (Lipinski definition) is 5. The average Bonchev–Trinajstić information content (AvgIpc) is 3.19. The SMILES string of the molecule is CCOc1ccc(-c2cc(=O)n(CCNC(=O)c3cccs3)cn2)cc1. The van der Waals surface area contributed by atoms with Crippen molar-refractivity contribution in [1.29, 1.82) is 0 Å². The number of rotatable bonds is 7. The van der Waals surface area contributed by atoms with Crippen LogP contribution in [0.1, 0.15) is 16.6 Å². The highest BCUT2D eigenvalue weighted by Gasteiger charge is 2.07. The van der Waals surface area contributed by atoms with Crippen molar-refractivity contribution in [2.45, 2.75) is 13.5 Å². The molecule has 0 aliphatic rings. The first-order valence-corrected chi connectivity index (χ1v) is 9.17. The number of carbonyl (C=O) groups is 1. The van der Waals surface area contributed by atoms with Gasteiger partial charge in [-0.2, -0.15) is 0 Å². The molecule has 1 aromatic carbocycles. The van der Waals surface area contributed by atoms with Crippen molar-refractivity contribution >= 4 is 17.2 Å². The maximum atomic E-state index is 12.3. The molecule has 1 amide bonds. The smallest absolute Gasteiger partial charge is 0.261 e. The summed E-state index contributed by atoms with van der Waals surface area (Å²) in [7, 11) is 0. The van der Waals surface area contributed by atoms with Gasteiger partial charge in [-0.25, -0.2) is 4.98 Å². The fourth-order valence-corrected chi connectivity index (χ4v) is 3.07. The Balaban J connectivity index is 1.62. The van der Waals surface area contributed by atoms with Gasteiger partial charge in [0.2, 0.25) is 0 Å². The second-order valence-electron chi connectivity index (χ2n) is 5.50. The van der Waals surface area contributed by atoms with Gasteiger partial charge < -0.3 is 10.1 Å². The van der Waals surface area contributed by atoms with Gasteiger partial charge in [-0.15, -0.1) is 11.3 Å². The molecule has 0 atom stereocenters. The zero-order valence-corrected chi connectivity index (χ0v) is 15.2. The van der Waals surface area contributed by atoms with Crippen molar-refractivity contribution in [2.24, 2.45) is 0 Å². The second-order valence-corrected chi connectivity index (χ2v) is 6.44. The van der Waals surface area contributed by atoms with E-state index < -0.39 is 0 Å². The van der Waals surface area contributed by atoms with Crippen LogP contribution in [0.5, 0.6) is 5.75 Å². The summed E-state index contributed by atoms with van der Waals surface area (Å²) in [6.07, 6.45) is 1.51. The highest BCUT2D eigenvalue weighted by Crippen LogP contribution is 2.19. The number of benzene rings is 1. The Morgan fingerprint density at radius 2 is 2.08 bits per heavy atom. The molecule has 0 bridgehead atoms. The van der Waals surface area contributed by atoms with Crippen molar-refractivity contribution in [1.82, 2.24) is 14.9 Å². The molecule has 0 saturated heterocycles. The van der Waals surface area contributed by atoms with Gasteiger partial charge in [-0.05, 0) is 42.6 Å². The first-order valence-electron chi connectivity index (χ1n) is 8.29. The van der Waals surface area contributed by atoms with Crippen LogP contribution in [0.25, 0.3) is 11.3 Å². The van der Waals surface area contributed by atoms with Crippen LogP contribution in [0, 0.1) is 0 Å². The summed E-state index contributed by atoms with van der Waals surface area (Å²) in [5.41, 5.74) is 1.30. The lowest BCUT2D eigenvalue weighted by molar-refractivity contribution is 0.0956. The number of amides is 1. The van der Waals surface area contributed by atoms with Crippen molar-refractivity contribution in [3.05, 3.63) is 69.4 Å². The lowest BCUT2D eigenvalue weighted by Gasteiger charge is -2.08. The summed E-state index contributed by atoms with van der Waals surface area (Å²) in [5, 5.41) is 4.65. The van der Waals surface area contributed by atoms with E-state index in [2.05, 4.69) is 10.3 Å². The van der Waals surface area contributed by atoms with Gasteiger partial charge in [-0.3, -0.25) is 14.2 Å². The summed E-state index contributed by atoms with van der Waals surface area (Å²) in [6, 6.07) is 12.5. The Morgan fingerprint density at radius 3 is 2.73 bits per heavy atom. The quantitative estimate of drug-likeness (QED) is 0.695. The third-order valence-electron chi connectivity index (χ3n) is 3.72. The van der Waals surface area contributed by atoms with E-state index in [0.717, 1.165) is 11.3 Å². The van der Waals surface area contributed by atoms with Crippen LogP contribution in [-0.4, -0.2) is 28.6 Å². The molecule has 2 heterocycles. The van der Waals surface area contributed by atoms with Crippen molar-refractivity contribution in [2.75, 3.05) is 13.2 Å². The molecule has 1 N–H and O–H groups in total. The van der Waals surface area contributed by atoms with Crippen molar-refractivity contribution in [3.8, 4) is 17.0 Å². The number of aromatic nitrogens is 2. The number of thiophene rings is 1. The maximum absolute atomic E-state index is 12.3. The first-order chi connectivity index (χ1) is 12.7. The molecule has 0 saturated carbocycles. The van der Waals surface area contributed by atoms with Crippen LogP contribution in [0.4, 0.5) is 0 Å². The predicted molar refractivity (Wildman–Crippen MR) is 102 cm³/mol. The molecule has 26 heavy (non-hydrogen) atoms. The molecule has 3 rings (SSSR count). The monoisotopic (exact) mass is 369 g/mol. The highest BCUT2D eigenvalue weighted by molar-refractivity contribution is 7.12. The Morgan fingerprint density at radius 1 is 1.27 bits per heavy atom. The van der Waals surface area contributed by atoms with Gasteiger partial charge in [0.15, 0.2) is 0 Å². The van der Waals surface area contributed by atoms with Crippen LogP contribution in [0.2, 0.25) is 0 Å². The van der Waals surface area contributed by atoms with E-state index in [0.29, 0.717) is 30.3 Å². The molecule has 3 aromatic rings. The first kappa shape index (κ1) is 17.9. The Kier molecular flexibility index (Phi) is 5.80. The molecular formula is C19H19N3O3S. The van der Waals surface area contributed by atoms with Crippen LogP contribution in [0.15, 0.2) is 59.0 Å². The van der Waals surface area contributed by atoms with E-state index in [1.165, 1.54) is 28.3 Å². The van der Waals surface area contributed by atoms with Crippen LogP contribution in [0.3, 0.4) is 0 Å². The van der Waals surface area contributed by atoms with Gasteiger partial charge in [0.1, 0.15) is 5.75 Å². The number of hydrogen-bond donors (Lipinski definition) is 1. The fourth-order valence-electron chi connectivity index (χ4n) is 2.43. The summed E-state index contributed by atoms with van der Waals surface area (Å²) in [6.45, 7) is 3.27. The van der Waals surface area contributed by atoms with Crippen LogP contribution < -0.4 is 15.6 Å². The molecule has 7 heteroatoms. The molecule has 0 aliphatic carbocycles. The third kappa shape index (κ3) is 4.37. The summed E-state index contributed by atoms with van der Waals surface area (Å²) < 4.78 is 6.89. The number of nitrogens with zero attached hydrogens (tertiary/aromatic N) is 2. The molecule has 0 fully saturated rings. The topological polar surface area (TPSA) is 73.2 Å². The zero-order valence-electron chi connectivity index (χ0n) is 14.3. The van der Waals surface area contributed by atoms with Crippen molar-refractivity contribution < 1.29 is 9.53 Å². The van der Waals surface area contributed by atoms with E-state index in [1.807, 2.05) is 42.6 Å². The van der Waals surface area contributed by atoms with E-state index in [9.17, 15) is 9.59 Å². The summed E-state index contributed by atoms with van der Waals surface area (Å²) in [5.74, 6) is 0.651. The van der Waals surface area contributed by atoms with Gasteiger partial charge in [0.25, 0.3) is 11.5 Å². The lowest BCUT2D eigenvalue weighted by atomic mass is 10.1. The maximum Gasteiger partial charge on any atom is 0.261 e. The largest absolute Gasteiger partial charge is 0.494 e. The summed E-state index contributed by atoms with van der Waals surface area (Å²) in [4.78, 5) is 29.2. The molecule has 0 radical (unpaired) electrons. The molecule has 0 spiro atoms. The minimum Gasteiger partial charge on any atom is -0.494 e. The third-order valence-corrected chi connectivity index (χ3v) is 4.59. The minimum atomic E-state index is -0.158. The number of ether oxygens (including phenoxy) is 1.